The van der Waals surface area contributed by atoms with E-state index < -0.39 is 0 Å². The lowest BCUT2D eigenvalue weighted by Gasteiger charge is -2.37. The van der Waals surface area contributed by atoms with Crippen molar-refractivity contribution in [3.05, 3.63) is 35.9 Å². The molecule has 26 heavy (non-hydrogen) atoms. The molecule has 1 aromatic carbocycles. The van der Waals surface area contributed by atoms with Crippen molar-refractivity contribution < 1.29 is 4.79 Å². The lowest BCUT2D eigenvalue weighted by atomic mass is 9.83. The third kappa shape index (κ3) is 5.47. The number of nitrogens with one attached hydrogen (secondary N) is 1. The van der Waals surface area contributed by atoms with E-state index in [0.717, 1.165) is 19.6 Å². The maximum Gasteiger partial charge on any atom is 0.223 e. The average Bonchev–Trinajstić information content (AvgIpc) is 2.61. The van der Waals surface area contributed by atoms with Gasteiger partial charge in [-0.05, 0) is 69.0 Å². The summed E-state index contributed by atoms with van der Waals surface area (Å²) < 4.78 is 0. The minimum Gasteiger partial charge on any atom is -0.336 e. The van der Waals surface area contributed by atoms with Gasteiger partial charge in [-0.1, -0.05) is 43.7 Å². The van der Waals surface area contributed by atoms with E-state index in [0.29, 0.717) is 30.1 Å². The maximum absolute atomic E-state index is 13.2. The van der Waals surface area contributed by atoms with E-state index in [1.807, 2.05) is 6.07 Å². The fourth-order valence-corrected chi connectivity index (χ4v) is 4.26. The second-order valence-corrected chi connectivity index (χ2v) is 8.22. The highest BCUT2D eigenvalue weighted by Crippen LogP contribution is 2.32. The fraction of sp³-hybridized carbons (Fsp3) is 0.682. The third-order valence-electron chi connectivity index (χ3n) is 6.39. The molecule has 1 saturated heterocycles. The summed E-state index contributed by atoms with van der Waals surface area (Å²) in [6.07, 6.45) is 7.10. The molecule has 1 amide bonds. The van der Waals surface area contributed by atoms with E-state index in [2.05, 4.69) is 48.3 Å². The zero-order chi connectivity index (χ0) is 17.6. The number of carbonyl (C=O) groups is 1. The number of benzene rings is 1. The molecule has 2 fully saturated rings. The van der Waals surface area contributed by atoms with Crippen molar-refractivity contribution in [2.75, 3.05) is 19.6 Å². The van der Waals surface area contributed by atoms with Crippen LogP contribution < -0.4 is 5.32 Å². The highest BCUT2D eigenvalue weighted by Gasteiger charge is 2.30. The van der Waals surface area contributed by atoms with E-state index in [4.69, 9.17) is 0 Å². The molecule has 0 aromatic heterocycles. The minimum absolute atomic E-state index is 0. The van der Waals surface area contributed by atoms with Gasteiger partial charge in [0.1, 0.15) is 0 Å². The molecule has 1 aliphatic carbocycles. The van der Waals surface area contributed by atoms with Crippen LogP contribution in [-0.2, 0) is 4.79 Å². The molecule has 3 nitrogen and oxygen atoms in total. The van der Waals surface area contributed by atoms with Crippen LogP contribution in [0.3, 0.4) is 0 Å². The van der Waals surface area contributed by atoms with Crippen LogP contribution in [0.5, 0.6) is 0 Å². The van der Waals surface area contributed by atoms with Crippen molar-refractivity contribution in [1.29, 1.82) is 0 Å². The van der Waals surface area contributed by atoms with Crippen LogP contribution in [0.25, 0.3) is 0 Å². The molecule has 1 saturated carbocycles. The van der Waals surface area contributed by atoms with Crippen LogP contribution in [0.4, 0.5) is 0 Å². The van der Waals surface area contributed by atoms with Gasteiger partial charge in [-0.2, -0.15) is 0 Å². The Hall–Kier alpha value is -1.06. The first-order chi connectivity index (χ1) is 12.1. The van der Waals surface area contributed by atoms with Crippen LogP contribution >= 0.6 is 12.4 Å². The molecule has 3 rings (SSSR count). The van der Waals surface area contributed by atoms with Crippen molar-refractivity contribution in [2.24, 2.45) is 17.8 Å². The van der Waals surface area contributed by atoms with E-state index >= 15 is 0 Å². The SMILES string of the molecule is CC(CC(=O)N(CC1CCC1)C(C)c1ccccc1)C1CCCNC1.Cl. The van der Waals surface area contributed by atoms with Crippen LogP contribution in [0.15, 0.2) is 30.3 Å². The fourth-order valence-electron chi connectivity index (χ4n) is 4.26. The first kappa shape index (κ1) is 21.2. The molecule has 3 unspecified atom stereocenters. The number of hydrogen-bond acceptors (Lipinski definition) is 2. The second-order valence-electron chi connectivity index (χ2n) is 8.22. The summed E-state index contributed by atoms with van der Waals surface area (Å²) in [4.78, 5) is 15.4. The van der Waals surface area contributed by atoms with Gasteiger partial charge in [0, 0.05) is 13.0 Å². The van der Waals surface area contributed by atoms with Crippen LogP contribution in [0.1, 0.15) is 64.0 Å². The summed E-state index contributed by atoms with van der Waals surface area (Å²) >= 11 is 0. The van der Waals surface area contributed by atoms with Gasteiger partial charge in [0.15, 0.2) is 0 Å². The van der Waals surface area contributed by atoms with Gasteiger partial charge in [0.2, 0.25) is 5.91 Å². The summed E-state index contributed by atoms with van der Waals surface area (Å²) in [6.45, 7) is 7.61. The molecule has 4 heteroatoms. The Bertz CT molecular complexity index is 540. The topological polar surface area (TPSA) is 32.3 Å². The number of piperidine rings is 1. The van der Waals surface area contributed by atoms with Crippen molar-refractivity contribution in [3.8, 4) is 0 Å². The average molecular weight is 379 g/mol. The van der Waals surface area contributed by atoms with Crippen molar-refractivity contribution in [1.82, 2.24) is 10.2 Å². The summed E-state index contributed by atoms with van der Waals surface area (Å²) in [5.41, 5.74) is 1.25. The smallest absolute Gasteiger partial charge is 0.223 e. The first-order valence-corrected chi connectivity index (χ1v) is 10.2. The minimum atomic E-state index is 0. The number of carbonyl (C=O) groups excluding carboxylic acids is 1. The Kier molecular flexibility index (Phi) is 8.43. The van der Waals surface area contributed by atoms with Gasteiger partial charge in [0.05, 0.1) is 6.04 Å². The van der Waals surface area contributed by atoms with Gasteiger partial charge < -0.3 is 10.2 Å². The highest BCUT2D eigenvalue weighted by molar-refractivity contribution is 5.85. The van der Waals surface area contributed by atoms with Crippen molar-refractivity contribution in [2.45, 2.75) is 58.4 Å². The molecule has 1 N–H and O–H groups in total. The molecule has 0 bridgehead atoms. The number of hydrogen-bond donors (Lipinski definition) is 1. The molecular formula is C22H35ClN2O. The Morgan fingerprint density at radius 3 is 2.46 bits per heavy atom. The third-order valence-corrected chi connectivity index (χ3v) is 6.39. The van der Waals surface area contributed by atoms with Gasteiger partial charge in [-0.25, -0.2) is 0 Å². The zero-order valence-electron chi connectivity index (χ0n) is 16.3. The van der Waals surface area contributed by atoms with Crippen LogP contribution in [0.2, 0.25) is 0 Å². The van der Waals surface area contributed by atoms with Gasteiger partial charge >= 0.3 is 0 Å². The molecule has 3 atom stereocenters. The summed E-state index contributed by atoms with van der Waals surface area (Å²) in [6, 6.07) is 10.7. The molecule has 146 valence electrons. The Balaban J connectivity index is 0.00000243. The van der Waals surface area contributed by atoms with E-state index in [-0.39, 0.29) is 18.4 Å². The van der Waals surface area contributed by atoms with E-state index in [9.17, 15) is 4.79 Å². The molecule has 0 radical (unpaired) electrons. The number of nitrogens with zero attached hydrogens (tertiary/aromatic N) is 1. The predicted molar refractivity (Wildman–Crippen MR) is 111 cm³/mol. The normalized spacial score (nSPS) is 22.6. The number of halogens is 1. The number of amides is 1. The number of rotatable bonds is 7. The Morgan fingerprint density at radius 1 is 1.15 bits per heavy atom. The molecule has 1 heterocycles. The van der Waals surface area contributed by atoms with Crippen LogP contribution in [-0.4, -0.2) is 30.4 Å². The first-order valence-electron chi connectivity index (χ1n) is 10.2. The van der Waals surface area contributed by atoms with Gasteiger partial charge in [-0.3, -0.25) is 4.79 Å². The zero-order valence-corrected chi connectivity index (χ0v) is 17.1. The molecular weight excluding hydrogens is 344 g/mol. The Labute approximate surface area is 165 Å². The molecule has 1 aromatic rings. The Morgan fingerprint density at radius 2 is 1.88 bits per heavy atom. The quantitative estimate of drug-likeness (QED) is 0.737. The van der Waals surface area contributed by atoms with E-state index in [1.165, 1.54) is 37.7 Å². The summed E-state index contributed by atoms with van der Waals surface area (Å²) in [5, 5.41) is 3.49. The van der Waals surface area contributed by atoms with Crippen molar-refractivity contribution in [3.63, 3.8) is 0 Å². The largest absolute Gasteiger partial charge is 0.336 e. The highest BCUT2D eigenvalue weighted by atomic mass is 35.5. The molecule has 0 spiro atoms. The van der Waals surface area contributed by atoms with Crippen molar-refractivity contribution >= 4 is 18.3 Å². The second kappa shape index (κ2) is 10.3. The predicted octanol–water partition coefficient (Wildman–Crippen LogP) is 4.82. The van der Waals surface area contributed by atoms with Gasteiger partial charge in [0.25, 0.3) is 0 Å². The molecule has 2 aliphatic rings. The van der Waals surface area contributed by atoms with Gasteiger partial charge in [-0.15, -0.1) is 12.4 Å². The van der Waals surface area contributed by atoms with Crippen LogP contribution in [0, 0.1) is 17.8 Å². The lowest BCUT2D eigenvalue weighted by molar-refractivity contribution is -0.136. The lowest BCUT2D eigenvalue weighted by Crippen LogP contribution is -2.41. The summed E-state index contributed by atoms with van der Waals surface area (Å²) in [7, 11) is 0. The molecule has 1 aliphatic heterocycles. The summed E-state index contributed by atoms with van der Waals surface area (Å²) in [5.74, 6) is 2.17. The standard InChI is InChI=1S/C22H34N2O.ClH/c1-17(21-12-7-13-23-15-21)14-22(25)24(16-19-8-6-9-19)18(2)20-10-4-3-5-11-20;/h3-5,10-11,17-19,21,23H,6-9,12-16H2,1-2H3;1H. The van der Waals surface area contributed by atoms with E-state index in [1.54, 1.807) is 0 Å². The monoisotopic (exact) mass is 378 g/mol. The maximum atomic E-state index is 13.2.